The van der Waals surface area contributed by atoms with Gasteiger partial charge in [-0.1, -0.05) is 36.6 Å². The summed E-state index contributed by atoms with van der Waals surface area (Å²) in [5.41, 5.74) is 4.36. The third-order valence-electron chi connectivity index (χ3n) is 6.62. The van der Waals surface area contributed by atoms with Gasteiger partial charge >= 0.3 is 0 Å². The maximum absolute atomic E-state index is 13.3. The first kappa shape index (κ1) is 21.0. The highest BCUT2D eigenvalue weighted by Crippen LogP contribution is 2.41. The molecule has 1 aliphatic carbocycles. The van der Waals surface area contributed by atoms with Gasteiger partial charge in [-0.2, -0.15) is 5.10 Å². The lowest BCUT2D eigenvalue weighted by molar-refractivity contribution is 0.0191. The average Bonchev–Trinajstić information content (AvgIpc) is 3.44. The number of halogens is 1. The van der Waals surface area contributed by atoms with Gasteiger partial charge in [0.1, 0.15) is 5.75 Å². The van der Waals surface area contributed by atoms with Crippen LogP contribution in [0.25, 0.3) is 5.69 Å². The molecule has 2 heterocycles. The molecular weight excluding hydrogens is 426 g/mol. The van der Waals surface area contributed by atoms with E-state index in [1.54, 1.807) is 18.2 Å². The quantitative estimate of drug-likeness (QED) is 0.625. The number of nitrogens with zero attached hydrogens (tertiary/aromatic N) is 3. The van der Waals surface area contributed by atoms with Crippen molar-refractivity contribution in [2.24, 2.45) is 0 Å². The van der Waals surface area contributed by atoms with Gasteiger partial charge in [0.25, 0.3) is 5.91 Å². The highest BCUT2D eigenvalue weighted by atomic mass is 35.5. The summed E-state index contributed by atoms with van der Waals surface area (Å²) < 4.78 is 7.48. The van der Waals surface area contributed by atoms with Crippen molar-refractivity contribution in [3.8, 4) is 11.4 Å². The zero-order chi connectivity index (χ0) is 22.2. The zero-order valence-corrected chi connectivity index (χ0v) is 18.8. The van der Waals surface area contributed by atoms with Crippen molar-refractivity contribution in [2.45, 2.75) is 50.8 Å². The first-order chi connectivity index (χ1) is 15.6. The van der Waals surface area contributed by atoms with E-state index < -0.39 is 6.10 Å². The molecular formula is C25H26ClN3O3. The van der Waals surface area contributed by atoms with E-state index >= 15 is 0 Å². The molecule has 1 saturated carbocycles. The second-order valence-corrected chi connectivity index (χ2v) is 8.93. The summed E-state index contributed by atoms with van der Waals surface area (Å²) in [5, 5.41) is 15.2. The molecule has 2 aromatic carbocycles. The van der Waals surface area contributed by atoms with E-state index in [1.807, 2.05) is 47.3 Å². The molecule has 1 aliphatic heterocycles. The molecule has 0 bridgehead atoms. The lowest BCUT2D eigenvalue weighted by Crippen LogP contribution is -2.45. The van der Waals surface area contributed by atoms with Gasteiger partial charge in [0.2, 0.25) is 0 Å². The van der Waals surface area contributed by atoms with Crippen molar-refractivity contribution >= 4 is 17.5 Å². The minimum Gasteiger partial charge on any atom is -0.495 e. The predicted octanol–water partition coefficient (Wildman–Crippen LogP) is 4.38. The normalized spacial score (nSPS) is 20.5. The molecule has 0 radical (unpaired) electrons. The Morgan fingerprint density at radius 1 is 1.22 bits per heavy atom. The molecule has 0 saturated heterocycles. The van der Waals surface area contributed by atoms with E-state index in [9.17, 15) is 9.90 Å². The number of aliphatic hydroxyl groups excluding tert-OH is 1. The van der Waals surface area contributed by atoms with Gasteiger partial charge in [-0.3, -0.25) is 4.79 Å². The summed E-state index contributed by atoms with van der Waals surface area (Å²) in [6.45, 7) is 0.421. The molecule has 3 aromatic rings. The molecule has 2 unspecified atom stereocenters. The predicted molar refractivity (Wildman–Crippen MR) is 123 cm³/mol. The van der Waals surface area contributed by atoms with Crippen molar-refractivity contribution in [1.29, 1.82) is 0 Å². The number of hydrogen-bond acceptors (Lipinski definition) is 4. The summed E-state index contributed by atoms with van der Waals surface area (Å²) in [6, 6.07) is 11.8. The number of aliphatic hydroxyl groups is 1. The standard InChI is InChI=1S/C25H26ClN3O3/c1-32-24-17(13-16-7-9-18(10-8-16)29-12-4-11-27-29)14-19-20(23(24)26)15-28(25(19)31)21-5-2-3-6-22(21)30/h4,7-12,14,21-22,30H,2-3,5-6,13,15H2,1H3. The topological polar surface area (TPSA) is 67.6 Å². The largest absolute Gasteiger partial charge is 0.495 e. The number of ether oxygens (including phenoxy) is 1. The van der Waals surface area contributed by atoms with Crippen molar-refractivity contribution < 1.29 is 14.6 Å². The molecule has 2 aliphatic rings. The highest BCUT2D eigenvalue weighted by Gasteiger charge is 2.39. The van der Waals surface area contributed by atoms with E-state index in [0.29, 0.717) is 29.3 Å². The van der Waals surface area contributed by atoms with Gasteiger partial charge in [-0.25, -0.2) is 4.68 Å². The number of carbonyl (C=O) groups is 1. The van der Waals surface area contributed by atoms with Crippen molar-refractivity contribution in [2.75, 3.05) is 7.11 Å². The van der Waals surface area contributed by atoms with E-state index in [4.69, 9.17) is 16.3 Å². The van der Waals surface area contributed by atoms with Crippen LogP contribution in [0.15, 0.2) is 48.8 Å². The van der Waals surface area contributed by atoms with Crippen LogP contribution in [0.3, 0.4) is 0 Å². The van der Waals surface area contributed by atoms with Crippen LogP contribution >= 0.6 is 11.6 Å². The van der Waals surface area contributed by atoms with Crippen LogP contribution in [0.2, 0.25) is 5.02 Å². The molecule has 166 valence electrons. The SMILES string of the molecule is COc1c(Cc2ccc(-n3cccn3)cc2)cc2c(c1Cl)CN(C1CCCCC1O)C2=O. The van der Waals surface area contributed by atoms with Gasteiger partial charge in [0.15, 0.2) is 0 Å². The Hall–Kier alpha value is -2.83. The second kappa shape index (κ2) is 8.60. The zero-order valence-electron chi connectivity index (χ0n) is 18.0. The van der Waals surface area contributed by atoms with Gasteiger partial charge in [-0.05, 0) is 42.7 Å². The van der Waals surface area contributed by atoms with Crippen LogP contribution in [0, 0.1) is 0 Å². The van der Waals surface area contributed by atoms with E-state index in [1.165, 1.54) is 0 Å². The number of benzene rings is 2. The maximum atomic E-state index is 13.3. The molecule has 1 fully saturated rings. The molecule has 7 heteroatoms. The fourth-order valence-electron chi connectivity index (χ4n) is 4.95. The van der Waals surface area contributed by atoms with E-state index in [2.05, 4.69) is 5.10 Å². The first-order valence-corrected chi connectivity index (χ1v) is 11.4. The number of rotatable bonds is 5. The number of hydrogen-bond donors (Lipinski definition) is 1. The minimum absolute atomic E-state index is 0.0502. The molecule has 1 N–H and O–H groups in total. The molecule has 6 nitrogen and oxygen atoms in total. The average molecular weight is 452 g/mol. The summed E-state index contributed by atoms with van der Waals surface area (Å²) in [4.78, 5) is 15.1. The summed E-state index contributed by atoms with van der Waals surface area (Å²) in [6.07, 6.45) is 7.36. The fourth-order valence-corrected chi connectivity index (χ4v) is 5.31. The van der Waals surface area contributed by atoms with E-state index in [-0.39, 0.29) is 11.9 Å². The fraction of sp³-hybridized carbons (Fsp3) is 0.360. The van der Waals surface area contributed by atoms with Crippen molar-refractivity contribution in [3.05, 3.63) is 76.1 Å². The molecule has 32 heavy (non-hydrogen) atoms. The summed E-state index contributed by atoms with van der Waals surface area (Å²) >= 11 is 6.75. The molecule has 0 spiro atoms. The smallest absolute Gasteiger partial charge is 0.254 e. The van der Waals surface area contributed by atoms with Gasteiger partial charge < -0.3 is 14.7 Å². The Morgan fingerprint density at radius 2 is 2.00 bits per heavy atom. The highest BCUT2D eigenvalue weighted by molar-refractivity contribution is 6.33. The monoisotopic (exact) mass is 451 g/mol. The lowest BCUT2D eigenvalue weighted by atomic mass is 9.91. The number of fused-ring (bicyclic) bond motifs is 1. The maximum Gasteiger partial charge on any atom is 0.254 e. The number of methoxy groups -OCH3 is 1. The number of aromatic nitrogens is 2. The van der Waals surface area contributed by atoms with Crippen LogP contribution in [0.5, 0.6) is 5.75 Å². The van der Waals surface area contributed by atoms with Crippen molar-refractivity contribution in [1.82, 2.24) is 14.7 Å². The van der Waals surface area contributed by atoms with Crippen LogP contribution in [0.4, 0.5) is 0 Å². The van der Waals surface area contributed by atoms with Crippen LogP contribution in [-0.4, -0.2) is 44.9 Å². The van der Waals surface area contributed by atoms with Gasteiger partial charge in [0.05, 0.1) is 30.0 Å². The molecule has 5 rings (SSSR count). The minimum atomic E-state index is -0.476. The van der Waals surface area contributed by atoms with Crippen LogP contribution in [0.1, 0.15) is 52.7 Å². The summed E-state index contributed by atoms with van der Waals surface area (Å²) in [7, 11) is 1.61. The number of amides is 1. The number of carbonyl (C=O) groups excluding carboxylic acids is 1. The van der Waals surface area contributed by atoms with Gasteiger partial charge in [0, 0.05) is 42.0 Å². The Balaban J connectivity index is 1.44. The molecule has 1 aromatic heterocycles. The molecule has 1 amide bonds. The van der Waals surface area contributed by atoms with Crippen LogP contribution < -0.4 is 4.74 Å². The molecule has 2 atom stereocenters. The van der Waals surface area contributed by atoms with E-state index in [0.717, 1.165) is 48.1 Å². The lowest BCUT2D eigenvalue weighted by Gasteiger charge is -2.35. The Bertz CT molecular complexity index is 1130. The van der Waals surface area contributed by atoms with Gasteiger partial charge in [-0.15, -0.1) is 0 Å². The first-order valence-electron chi connectivity index (χ1n) is 11.0. The van der Waals surface area contributed by atoms with Crippen molar-refractivity contribution in [3.63, 3.8) is 0 Å². The second-order valence-electron chi connectivity index (χ2n) is 8.56. The Labute approximate surface area is 192 Å². The third kappa shape index (κ3) is 3.67. The Kier molecular flexibility index (Phi) is 5.66. The van der Waals surface area contributed by atoms with Crippen LogP contribution in [-0.2, 0) is 13.0 Å². The Morgan fingerprint density at radius 3 is 2.69 bits per heavy atom. The summed E-state index contributed by atoms with van der Waals surface area (Å²) in [5.74, 6) is 0.561. The third-order valence-corrected chi connectivity index (χ3v) is 7.02.